The van der Waals surface area contributed by atoms with Gasteiger partial charge in [0.2, 0.25) is 0 Å². The molecule has 1 aromatic heterocycles. The average molecular weight is 276 g/mol. The van der Waals surface area contributed by atoms with Gasteiger partial charge in [-0.05, 0) is 31.4 Å². The van der Waals surface area contributed by atoms with Crippen LogP contribution < -0.4 is 15.4 Å². The Labute approximate surface area is 120 Å². The van der Waals surface area contributed by atoms with Crippen LogP contribution in [0.2, 0.25) is 0 Å². The summed E-state index contributed by atoms with van der Waals surface area (Å²) in [6.45, 7) is 6.58. The van der Waals surface area contributed by atoms with Gasteiger partial charge in [-0.3, -0.25) is 5.41 Å². The molecular weight excluding hydrogens is 252 g/mol. The quantitative estimate of drug-likeness (QED) is 0.639. The largest absolute Gasteiger partial charge is 0.490 e. The van der Waals surface area contributed by atoms with Crippen molar-refractivity contribution in [2.24, 2.45) is 11.1 Å². The van der Waals surface area contributed by atoms with Crippen molar-refractivity contribution in [1.29, 1.82) is 5.41 Å². The van der Waals surface area contributed by atoms with E-state index in [-0.39, 0.29) is 5.41 Å². The van der Waals surface area contributed by atoms with Crippen molar-refractivity contribution in [3.63, 3.8) is 0 Å². The van der Waals surface area contributed by atoms with E-state index < -0.39 is 0 Å². The molecule has 0 aliphatic carbocycles. The predicted molar refractivity (Wildman–Crippen MR) is 81.5 cm³/mol. The SMILES string of the molecule is CCCOc1cccnc1N1CCC(C)(C(=N)N)CC1. The zero-order chi connectivity index (χ0) is 14.6. The van der Waals surface area contributed by atoms with E-state index >= 15 is 0 Å². The first-order chi connectivity index (χ1) is 9.57. The van der Waals surface area contributed by atoms with Gasteiger partial charge < -0.3 is 15.4 Å². The van der Waals surface area contributed by atoms with Crippen molar-refractivity contribution in [3.8, 4) is 5.75 Å². The van der Waals surface area contributed by atoms with Crippen molar-refractivity contribution in [1.82, 2.24) is 4.98 Å². The first kappa shape index (κ1) is 14.6. The molecule has 0 unspecified atom stereocenters. The molecule has 2 rings (SSSR count). The second-order valence-electron chi connectivity index (χ2n) is 5.63. The lowest BCUT2D eigenvalue weighted by Crippen LogP contribution is -2.45. The Hall–Kier alpha value is -1.78. The second kappa shape index (κ2) is 6.11. The highest BCUT2D eigenvalue weighted by atomic mass is 16.5. The molecule has 0 aromatic carbocycles. The number of piperidine rings is 1. The van der Waals surface area contributed by atoms with E-state index in [1.807, 2.05) is 12.1 Å². The van der Waals surface area contributed by atoms with Crippen LogP contribution in [-0.4, -0.2) is 30.5 Å². The van der Waals surface area contributed by atoms with Gasteiger partial charge in [-0.2, -0.15) is 0 Å². The van der Waals surface area contributed by atoms with E-state index in [4.69, 9.17) is 15.9 Å². The normalized spacial score (nSPS) is 17.8. The first-order valence-electron chi connectivity index (χ1n) is 7.24. The number of hydrogen-bond donors (Lipinski definition) is 2. The molecule has 5 heteroatoms. The minimum absolute atomic E-state index is 0.171. The summed E-state index contributed by atoms with van der Waals surface area (Å²) < 4.78 is 5.77. The van der Waals surface area contributed by atoms with E-state index in [0.29, 0.717) is 12.4 Å². The summed E-state index contributed by atoms with van der Waals surface area (Å²) in [5.41, 5.74) is 5.53. The first-order valence-corrected chi connectivity index (χ1v) is 7.24. The molecule has 20 heavy (non-hydrogen) atoms. The summed E-state index contributed by atoms with van der Waals surface area (Å²) >= 11 is 0. The summed E-state index contributed by atoms with van der Waals surface area (Å²) in [4.78, 5) is 6.70. The topological polar surface area (TPSA) is 75.2 Å². The van der Waals surface area contributed by atoms with Crippen LogP contribution in [0.25, 0.3) is 0 Å². The Kier molecular flexibility index (Phi) is 4.47. The summed E-state index contributed by atoms with van der Waals surface area (Å²) in [5.74, 6) is 2.05. The summed E-state index contributed by atoms with van der Waals surface area (Å²) in [6.07, 6.45) is 4.54. The van der Waals surface area contributed by atoms with Gasteiger partial charge in [-0.25, -0.2) is 4.98 Å². The Morgan fingerprint density at radius 1 is 1.50 bits per heavy atom. The number of nitrogens with zero attached hydrogens (tertiary/aromatic N) is 2. The predicted octanol–water partition coefficient (Wildman–Crippen LogP) is 2.41. The lowest BCUT2D eigenvalue weighted by Gasteiger charge is -2.39. The molecule has 1 aromatic rings. The van der Waals surface area contributed by atoms with Crippen LogP contribution in [0.3, 0.4) is 0 Å². The van der Waals surface area contributed by atoms with Gasteiger partial charge in [-0.15, -0.1) is 0 Å². The highest BCUT2D eigenvalue weighted by Gasteiger charge is 2.33. The molecular formula is C15H24N4O. The highest BCUT2D eigenvalue weighted by Crippen LogP contribution is 2.35. The molecule has 1 fully saturated rings. The molecule has 0 amide bonds. The average Bonchev–Trinajstić information content (AvgIpc) is 2.46. The Morgan fingerprint density at radius 3 is 2.80 bits per heavy atom. The van der Waals surface area contributed by atoms with Crippen molar-refractivity contribution >= 4 is 11.7 Å². The lowest BCUT2D eigenvalue weighted by molar-refractivity contribution is 0.311. The fraction of sp³-hybridized carbons (Fsp3) is 0.600. The van der Waals surface area contributed by atoms with E-state index in [0.717, 1.165) is 43.9 Å². The fourth-order valence-electron chi connectivity index (χ4n) is 2.43. The van der Waals surface area contributed by atoms with Crippen LogP contribution >= 0.6 is 0 Å². The number of anilines is 1. The number of pyridine rings is 1. The van der Waals surface area contributed by atoms with Gasteiger partial charge in [0.05, 0.1) is 12.4 Å². The van der Waals surface area contributed by atoms with Gasteiger partial charge in [-0.1, -0.05) is 13.8 Å². The molecule has 5 nitrogen and oxygen atoms in total. The number of hydrogen-bond acceptors (Lipinski definition) is 4. The lowest BCUT2D eigenvalue weighted by atomic mass is 9.79. The summed E-state index contributed by atoms with van der Waals surface area (Å²) in [5, 5.41) is 7.71. The molecule has 0 radical (unpaired) electrons. The number of nitrogens with one attached hydrogen (secondary N) is 1. The van der Waals surface area contributed by atoms with E-state index in [2.05, 4.69) is 23.7 Å². The van der Waals surface area contributed by atoms with E-state index in [9.17, 15) is 0 Å². The van der Waals surface area contributed by atoms with Gasteiger partial charge in [0, 0.05) is 24.7 Å². The van der Waals surface area contributed by atoms with E-state index in [1.54, 1.807) is 6.20 Å². The van der Waals surface area contributed by atoms with Crippen molar-refractivity contribution < 1.29 is 4.74 Å². The molecule has 1 aliphatic heterocycles. The number of aromatic nitrogens is 1. The van der Waals surface area contributed by atoms with Crippen LogP contribution in [0.4, 0.5) is 5.82 Å². The van der Waals surface area contributed by atoms with Crippen LogP contribution in [0.5, 0.6) is 5.75 Å². The molecule has 1 aliphatic rings. The molecule has 0 spiro atoms. The molecule has 0 atom stereocenters. The molecule has 2 heterocycles. The third kappa shape index (κ3) is 3.03. The minimum Gasteiger partial charge on any atom is -0.490 e. The van der Waals surface area contributed by atoms with E-state index in [1.165, 1.54) is 0 Å². The molecule has 3 N–H and O–H groups in total. The van der Waals surface area contributed by atoms with Crippen LogP contribution in [0.1, 0.15) is 33.1 Å². The van der Waals surface area contributed by atoms with Crippen molar-refractivity contribution in [2.75, 3.05) is 24.6 Å². The maximum Gasteiger partial charge on any atom is 0.171 e. The highest BCUT2D eigenvalue weighted by molar-refractivity contribution is 5.83. The number of amidine groups is 1. The van der Waals surface area contributed by atoms with Gasteiger partial charge in [0.25, 0.3) is 0 Å². The zero-order valence-electron chi connectivity index (χ0n) is 12.4. The third-order valence-electron chi connectivity index (χ3n) is 4.03. The number of ether oxygens (including phenoxy) is 1. The smallest absolute Gasteiger partial charge is 0.171 e. The maximum absolute atomic E-state index is 7.71. The van der Waals surface area contributed by atoms with Crippen molar-refractivity contribution in [2.45, 2.75) is 33.1 Å². The zero-order valence-corrected chi connectivity index (χ0v) is 12.4. The summed E-state index contributed by atoms with van der Waals surface area (Å²) in [6, 6.07) is 3.87. The Balaban J connectivity index is 2.09. The molecule has 0 saturated carbocycles. The molecule has 0 bridgehead atoms. The van der Waals surface area contributed by atoms with Gasteiger partial charge in [0.15, 0.2) is 11.6 Å². The van der Waals surface area contributed by atoms with Gasteiger partial charge >= 0.3 is 0 Å². The monoisotopic (exact) mass is 276 g/mol. The fourth-order valence-corrected chi connectivity index (χ4v) is 2.43. The molecule has 110 valence electrons. The number of rotatable bonds is 5. The minimum atomic E-state index is -0.171. The Bertz CT molecular complexity index is 467. The Morgan fingerprint density at radius 2 is 2.20 bits per heavy atom. The summed E-state index contributed by atoms with van der Waals surface area (Å²) in [7, 11) is 0. The van der Waals surface area contributed by atoms with Crippen LogP contribution in [0, 0.1) is 10.8 Å². The third-order valence-corrected chi connectivity index (χ3v) is 4.03. The second-order valence-corrected chi connectivity index (χ2v) is 5.63. The maximum atomic E-state index is 7.71. The van der Waals surface area contributed by atoms with Crippen LogP contribution in [-0.2, 0) is 0 Å². The molecule has 1 saturated heterocycles. The van der Waals surface area contributed by atoms with Gasteiger partial charge in [0.1, 0.15) is 0 Å². The standard InChI is InChI=1S/C15H24N4O/c1-3-11-20-12-5-4-8-18-13(12)19-9-6-15(2,7-10-19)14(16)17/h4-5,8H,3,6-7,9-11H2,1-2H3,(H3,16,17). The van der Waals surface area contributed by atoms with Crippen LogP contribution in [0.15, 0.2) is 18.3 Å². The van der Waals surface area contributed by atoms with Crippen molar-refractivity contribution in [3.05, 3.63) is 18.3 Å². The number of nitrogens with two attached hydrogens (primary N) is 1.